The van der Waals surface area contributed by atoms with E-state index in [2.05, 4.69) is 4.98 Å². The molecule has 0 spiro atoms. The van der Waals surface area contributed by atoms with Crippen molar-refractivity contribution >= 4 is 38.0 Å². The van der Waals surface area contributed by atoms with Crippen molar-refractivity contribution in [3.63, 3.8) is 0 Å². The average molecular weight is 551 g/mol. The molecule has 39 heavy (non-hydrogen) atoms. The van der Waals surface area contributed by atoms with E-state index in [9.17, 15) is 17.9 Å². The molecule has 0 saturated heterocycles. The molecule has 0 aliphatic carbocycles. The van der Waals surface area contributed by atoms with Gasteiger partial charge in [0.25, 0.3) is 0 Å². The Balaban J connectivity index is 1.61. The number of aromatic amines is 1. The third-order valence-corrected chi connectivity index (χ3v) is 7.36. The van der Waals surface area contributed by atoms with Crippen LogP contribution in [-0.4, -0.2) is 62.6 Å². The molecule has 0 saturated carbocycles. The van der Waals surface area contributed by atoms with Gasteiger partial charge in [-0.15, -0.1) is 0 Å². The summed E-state index contributed by atoms with van der Waals surface area (Å²) in [5, 5.41) is 11.5. The number of ether oxygens (including phenoxy) is 2. The number of aromatic hydroxyl groups is 1. The number of benzene rings is 3. The summed E-state index contributed by atoms with van der Waals surface area (Å²) in [6.45, 7) is 0.849. The van der Waals surface area contributed by atoms with Crippen molar-refractivity contribution in [2.24, 2.45) is 4.99 Å². The van der Waals surface area contributed by atoms with Crippen molar-refractivity contribution in [1.29, 1.82) is 0 Å². The summed E-state index contributed by atoms with van der Waals surface area (Å²) < 4.78 is 51.2. The van der Waals surface area contributed by atoms with E-state index in [1.165, 1.54) is 35.2 Å². The molecule has 202 valence electrons. The van der Waals surface area contributed by atoms with E-state index in [4.69, 9.17) is 14.5 Å². The van der Waals surface area contributed by atoms with Gasteiger partial charge in [-0.1, -0.05) is 0 Å². The fraction of sp³-hybridized carbons (Fsp3) is 0.179. The number of anilines is 1. The summed E-state index contributed by atoms with van der Waals surface area (Å²) in [5.41, 5.74) is 2.82. The molecule has 0 fully saturated rings. The Hall–Kier alpha value is -4.35. The molecule has 4 aromatic rings. The third kappa shape index (κ3) is 5.59. The Morgan fingerprint density at radius 3 is 2.38 bits per heavy atom. The van der Waals surface area contributed by atoms with Crippen molar-refractivity contribution < 1.29 is 27.4 Å². The lowest BCUT2D eigenvalue weighted by atomic mass is 10.00. The zero-order valence-electron chi connectivity index (χ0n) is 21.6. The lowest BCUT2D eigenvalue weighted by molar-refractivity contribution is 0.361. The molecule has 0 unspecified atom stereocenters. The first-order chi connectivity index (χ1) is 18.6. The zero-order chi connectivity index (χ0) is 27.7. The number of hydrogen-bond acceptors (Lipinski definition) is 7. The molecular formula is C28H27FN4O5S. The zero-order valence-corrected chi connectivity index (χ0v) is 22.4. The van der Waals surface area contributed by atoms with E-state index >= 15 is 0 Å². The number of hydrogen-bond donors (Lipinski definition) is 2. The predicted molar refractivity (Wildman–Crippen MR) is 149 cm³/mol. The number of halogens is 1. The summed E-state index contributed by atoms with van der Waals surface area (Å²) >= 11 is 0. The number of H-pyrrole nitrogens is 1. The van der Waals surface area contributed by atoms with Crippen LogP contribution in [0.5, 0.6) is 17.4 Å². The molecule has 1 aromatic heterocycles. The van der Waals surface area contributed by atoms with Gasteiger partial charge in [0.05, 0.1) is 34.4 Å². The van der Waals surface area contributed by atoms with E-state index in [0.29, 0.717) is 63.7 Å². The average Bonchev–Trinajstić information content (AvgIpc) is 3.21. The van der Waals surface area contributed by atoms with E-state index in [0.717, 1.165) is 0 Å². The first-order valence-corrected chi connectivity index (χ1v) is 13.9. The number of likely N-dealkylation sites (N-methyl/N-ethyl adjacent to an activating group) is 1. The van der Waals surface area contributed by atoms with Gasteiger partial charge >= 0.3 is 0 Å². The van der Waals surface area contributed by atoms with Crippen LogP contribution in [0, 0.1) is 5.82 Å². The molecule has 0 atom stereocenters. The molecule has 1 aliphatic rings. The van der Waals surface area contributed by atoms with Gasteiger partial charge in [-0.25, -0.2) is 17.8 Å². The Morgan fingerprint density at radius 2 is 1.69 bits per heavy atom. The fourth-order valence-corrected chi connectivity index (χ4v) is 5.22. The molecule has 5 rings (SSSR count). The van der Waals surface area contributed by atoms with E-state index in [1.54, 1.807) is 48.5 Å². The highest BCUT2D eigenvalue weighted by molar-refractivity contribution is 7.92. The second-order valence-corrected chi connectivity index (χ2v) is 11.2. The van der Waals surface area contributed by atoms with Crippen molar-refractivity contribution in [1.82, 2.24) is 9.88 Å². The normalized spacial score (nSPS) is 13.3. The number of nitrogens with zero attached hydrogens (tertiary/aromatic N) is 3. The van der Waals surface area contributed by atoms with Crippen LogP contribution in [0.1, 0.15) is 11.1 Å². The summed E-state index contributed by atoms with van der Waals surface area (Å²) in [6, 6.07) is 16.2. The number of aromatic nitrogens is 1. The fourth-order valence-electron chi connectivity index (χ4n) is 4.31. The maximum atomic E-state index is 13.9. The first-order valence-electron chi connectivity index (χ1n) is 12.0. The monoisotopic (exact) mass is 550 g/mol. The van der Waals surface area contributed by atoms with E-state index < -0.39 is 15.8 Å². The van der Waals surface area contributed by atoms with Gasteiger partial charge in [0, 0.05) is 24.0 Å². The van der Waals surface area contributed by atoms with Crippen LogP contribution in [0.15, 0.2) is 78.2 Å². The highest BCUT2D eigenvalue weighted by atomic mass is 32.2. The molecule has 2 N–H and O–H groups in total. The number of fused-ring (bicyclic) bond motifs is 2. The van der Waals surface area contributed by atoms with Crippen LogP contribution >= 0.6 is 0 Å². The Labute approximate surface area is 225 Å². The van der Waals surface area contributed by atoms with Crippen molar-refractivity contribution in [2.75, 3.05) is 37.7 Å². The van der Waals surface area contributed by atoms with Crippen molar-refractivity contribution in [2.45, 2.75) is 0 Å². The number of rotatable bonds is 8. The minimum absolute atomic E-state index is 0.173. The van der Waals surface area contributed by atoms with Crippen LogP contribution < -0.4 is 13.8 Å². The van der Waals surface area contributed by atoms with Gasteiger partial charge in [-0.05, 0) is 74.8 Å². The van der Waals surface area contributed by atoms with Gasteiger partial charge in [-0.2, -0.15) is 0 Å². The smallest absolute Gasteiger partial charge is 0.232 e. The summed E-state index contributed by atoms with van der Waals surface area (Å²) in [6.07, 6.45) is 4.01. The van der Waals surface area contributed by atoms with Gasteiger partial charge in [0.1, 0.15) is 18.3 Å². The summed E-state index contributed by atoms with van der Waals surface area (Å²) in [4.78, 5) is 9.57. The minimum atomic E-state index is -3.50. The molecule has 0 amide bonds. The maximum absolute atomic E-state index is 13.9. The Kier molecular flexibility index (Phi) is 7.02. The molecule has 3 aromatic carbocycles. The summed E-state index contributed by atoms with van der Waals surface area (Å²) in [7, 11) is 0.256. The van der Waals surface area contributed by atoms with Crippen LogP contribution in [-0.2, 0) is 10.0 Å². The minimum Gasteiger partial charge on any atom is -0.494 e. The number of nitrogens with one attached hydrogen (secondary N) is 1. The second-order valence-electron chi connectivity index (χ2n) is 9.32. The summed E-state index contributed by atoms with van der Waals surface area (Å²) in [5.74, 6) is 0.370. The van der Waals surface area contributed by atoms with Gasteiger partial charge < -0.3 is 24.5 Å². The van der Waals surface area contributed by atoms with Gasteiger partial charge in [0.2, 0.25) is 10.0 Å². The Morgan fingerprint density at radius 1 is 0.974 bits per heavy atom. The molecule has 0 radical (unpaired) electrons. The molecule has 2 heterocycles. The van der Waals surface area contributed by atoms with Crippen LogP contribution in [0.4, 0.5) is 15.8 Å². The quantitative estimate of drug-likeness (QED) is 0.307. The lowest BCUT2D eigenvalue weighted by Gasteiger charge is -2.24. The number of aliphatic imine (C=N–C) groups is 1. The SMILES string of the molecule is CN(C)CCN(c1ccc(N=C(c2ccc3c(c2)OC=CO3)c2c(O)[nH]c3cc(F)ccc23)cc1)S(C)(=O)=O. The Bertz CT molecular complexity index is 1700. The molecule has 9 nitrogen and oxygen atoms in total. The van der Waals surface area contributed by atoms with Crippen molar-refractivity contribution in [3.8, 4) is 17.4 Å². The maximum Gasteiger partial charge on any atom is 0.232 e. The highest BCUT2D eigenvalue weighted by Gasteiger charge is 2.22. The second kappa shape index (κ2) is 10.4. The molecular weight excluding hydrogens is 523 g/mol. The first kappa shape index (κ1) is 26.3. The largest absolute Gasteiger partial charge is 0.494 e. The van der Waals surface area contributed by atoms with Gasteiger partial charge in [0.15, 0.2) is 17.4 Å². The van der Waals surface area contributed by atoms with Crippen molar-refractivity contribution in [3.05, 3.63) is 90.1 Å². The van der Waals surface area contributed by atoms with Crippen LogP contribution in [0.25, 0.3) is 10.9 Å². The molecule has 11 heteroatoms. The topological polar surface area (TPSA) is 107 Å². The lowest BCUT2D eigenvalue weighted by Crippen LogP contribution is -2.35. The van der Waals surface area contributed by atoms with Crippen LogP contribution in [0.3, 0.4) is 0 Å². The van der Waals surface area contributed by atoms with E-state index in [1.807, 2.05) is 19.0 Å². The molecule has 0 bridgehead atoms. The van der Waals surface area contributed by atoms with Gasteiger partial charge in [-0.3, -0.25) is 4.31 Å². The third-order valence-electron chi connectivity index (χ3n) is 6.17. The predicted octanol–water partition coefficient (Wildman–Crippen LogP) is 4.75. The van der Waals surface area contributed by atoms with E-state index in [-0.39, 0.29) is 5.88 Å². The standard InChI is InChI=1S/C28H27FN4O5S/c1-32(2)12-13-33(39(3,35)36)21-8-6-20(7-9-21)30-27(18-4-11-24-25(16-18)38-15-14-37-24)26-22-10-5-19(29)17-23(22)31-28(26)34/h4-11,14-17,31,34H,12-13H2,1-3H3. The highest BCUT2D eigenvalue weighted by Crippen LogP contribution is 2.36. The van der Waals surface area contributed by atoms with Crippen LogP contribution in [0.2, 0.25) is 0 Å². The number of sulfonamides is 1. The molecule has 1 aliphatic heterocycles.